The normalized spacial score (nSPS) is 25.6. The molecule has 3 heterocycles. The maximum absolute atomic E-state index is 14.5. The second-order valence-electron chi connectivity index (χ2n) is 13.9. The Hall–Kier alpha value is -4.04. The highest BCUT2D eigenvalue weighted by Crippen LogP contribution is 2.47. The average Bonchev–Trinajstić information content (AvgIpc) is 3.40. The number of piperazine rings is 1. The minimum Gasteiger partial charge on any atom is -0.326 e. The molecule has 0 bridgehead atoms. The molecule has 1 amide bonds. The lowest BCUT2D eigenvalue weighted by atomic mass is 9.78. The van der Waals surface area contributed by atoms with E-state index in [1.165, 1.54) is 12.1 Å². The smallest absolute Gasteiger partial charge is 0.243 e. The molecule has 1 N–H and O–H groups in total. The molecular formula is C37H36F2N4O2. The molecular weight excluding hydrogens is 570 g/mol. The molecule has 3 aliphatic carbocycles. The Kier molecular flexibility index (Phi) is 6.47. The van der Waals surface area contributed by atoms with Crippen molar-refractivity contribution >= 4 is 22.6 Å². The molecule has 8 heteroatoms. The molecule has 2 spiro atoms. The van der Waals surface area contributed by atoms with E-state index in [-0.39, 0.29) is 18.2 Å². The highest BCUT2D eigenvalue weighted by Gasteiger charge is 2.53. The maximum atomic E-state index is 14.5. The van der Waals surface area contributed by atoms with Crippen molar-refractivity contribution in [1.82, 2.24) is 20.2 Å². The topological polar surface area (TPSA) is 75.2 Å². The number of carbonyl (C=O) groups excluding carboxylic acids is 2. The Balaban J connectivity index is 1.16. The summed E-state index contributed by atoms with van der Waals surface area (Å²) in [5.41, 5.74) is 4.11. The standard InChI is InChI=1S/C37H36F2N4O2/c1-35(27-14-28(38)16-29(39)15-27)22-42-37(8-4-2-3-5-9-37)34(45)43(35)21-23-11-24-12-25-18-36(19-26(25)13-31(24)41-20-23)30-7-6-10-40-32(30)17-33(36)44/h6-7,10-16,20,42H,2-5,8-9,17-19,21-22H2,1H3. The number of amides is 1. The number of aromatic nitrogens is 2. The summed E-state index contributed by atoms with van der Waals surface area (Å²) < 4.78 is 29.0. The van der Waals surface area contributed by atoms with Crippen LogP contribution in [0.4, 0.5) is 8.78 Å². The van der Waals surface area contributed by atoms with Crippen LogP contribution in [0, 0.1) is 11.6 Å². The summed E-state index contributed by atoms with van der Waals surface area (Å²) in [6.45, 7) is 2.54. The van der Waals surface area contributed by atoms with Crippen molar-refractivity contribution in [3.05, 3.63) is 106 Å². The zero-order valence-corrected chi connectivity index (χ0v) is 25.5. The number of nitrogens with zero attached hydrogens (tertiary/aromatic N) is 3. The Bertz CT molecular complexity index is 1860. The second kappa shape index (κ2) is 10.2. The SMILES string of the molecule is CC1(c2cc(F)cc(F)c2)CNC2(CCCCCC2)C(=O)N1Cc1cnc2cc3c(cc2c1)CC1(C3)C(=O)Cc2ncccc21. The van der Waals surface area contributed by atoms with Crippen LogP contribution < -0.4 is 5.32 Å². The molecule has 1 aliphatic heterocycles. The first-order valence-electron chi connectivity index (χ1n) is 16.1. The Morgan fingerprint density at radius 2 is 1.64 bits per heavy atom. The summed E-state index contributed by atoms with van der Waals surface area (Å²) in [7, 11) is 0. The van der Waals surface area contributed by atoms with Crippen LogP contribution in [-0.4, -0.2) is 38.6 Å². The second-order valence-corrected chi connectivity index (χ2v) is 13.9. The number of hydrogen-bond acceptors (Lipinski definition) is 5. The molecule has 230 valence electrons. The third-order valence-corrected chi connectivity index (χ3v) is 11.1. The van der Waals surface area contributed by atoms with Gasteiger partial charge in [0.15, 0.2) is 0 Å². The van der Waals surface area contributed by atoms with Crippen LogP contribution in [-0.2, 0) is 46.4 Å². The van der Waals surface area contributed by atoms with Gasteiger partial charge in [-0.1, -0.05) is 31.7 Å². The Morgan fingerprint density at radius 3 is 2.40 bits per heavy atom. The molecule has 2 aromatic carbocycles. The maximum Gasteiger partial charge on any atom is 0.243 e. The van der Waals surface area contributed by atoms with E-state index in [0.717, 1.165) is 83.4 Å². The number of rotatable bonds is 3. The van der Waals surface area contributed by atoms with Gasteiger partial charge in [-0.25, -0.2) is 8.78 Å². The van der Waals surface area contributed by atoms with Crippen LogP contribution in [0.3, 0.4) is 0 Å². The zero-order valence-electron chi connectivity index (χ0n) is 25.5. The number of nitrogens with one attached hydrogen (secondary N) is 1. The molecule has 2 aromatic heterocycles. The first kappa shape index (κ1) is 28.4. The van der Waals surface area contributed by atoms with E-state index in [0.29, 0.717) is 31.4 Å². The van der Waals surface area contributed by atoms with Crippen LogP contribution in [0.1, 0.15) is 79.0 Å². The minimum absolute atomic E-state index is 0.0224. The number of benzene rings is 2. The molecule has 1 saturated carbocycles. The van der Waals surface area contributed by atoms with Gasteiger partial charge in [0, 0.05) is 43.4 Å². The van der Waals surface area contributed by atoms with Crippen molar-refractivity contribution in [2.45, 2.75) is 87.7 Å². The number of ketones is 1. The average molecular weight is 607 g/mol. The van der Waals surface area contributed by atoms with Gasteiger partial charge in [-0.05, 0) is 96.8 Å². The van der Waals surface area contributed by atoms with E-state index >= 15 is 0 Å². The summed E-state index contributed by atoms with van der Waals surface area (Å²) >= 11 is 0. The predicted molar refractivity (Wildman–Crippen MR) is 166 cm³/mol. The number of fused-ring (bicyclic) bond motifs is 4. The van der Waals surface area contributed by atoms with Gasteiger partial charge in [0.25, 0.3) is 0 Å². The molecule has 2 unspecified atom stereocenters. The molecule has 0 radical (unpaired) electrons. The quantitative estimate of drug-likeness (QED) is 0.309. The molecule has 2 fully saturated rings. The van der Waals surface area contributed by atoms with Crippen molar-refractivity contribution < 1.29 is 18.4 Å². The first-order valence-corrected chi connectivity index (χ1v) is 16.1. The molecule has 4 aliphatic rings. The highest BCUT2D eigenvalue weighted by atomic mass is 19.1. The number of hydrogen-bond donors (Lipinski definition) is 1. The lowest BCUT2D eigenvalue weighted by Gasteiger charge is -2.53. The summed E-state index contributed by atoms with van der Waals surface area (Å²) in [6.07, 6.45) is 10.8. The fourth-order valence-corrected chi connectivity index (χ4v) is 8.58. The molecule has 8 rings (SSSR count). The number of pyridine rings is 2. The number of carbonyl (C=O) groups is 2. The van der Waals surface area contributed by atoms with Crippen molar-refractivity contribution in [3.63, 3.8) is 0 Å². The summed E-state index contributed by atoms with van der Waals surface area (Å²) in [4.78, 5) is 39.0. The summed E-state index contributed by atoms with van der Waals surface area (Å²) in [5, 5.41) is 4.53. The van der Waals surface area contributed by atoms with E-state index in [4.69, 9.17) is 4.98 Å². The lowest BCUT2D eigenvalue weighted by Crippen LogP contribution is -2.70. The number of Topliss-reactive ketones (excluding diaryl/α,β-unsaturated/α-hetero) is 1. The van der Waals surface area contributed by atoms with Gasteiger partial charge in [0.05, 0.1) is 27.7 Å². The van der Waals surface area contributed by atoms with Gasteiger partial charge in [-0.3, -0.25) is 19.6 Å². The van der Waals surface area contributed by atoms with E-state index in [2.05, 4.69) is 28.5 Å². The Labute approximate surface area is 261 Å². The van der Waals surface area contributed by atoms with Crippen LogP contribution in [0.25, 0.3) is 10.9 Å². The van der Waals surface area contributed by atoms with Gasteiger partial charge in [-0.2, -0.15) is 0 Å². The highest BCUT2D eigenvalue weighted by molar-refractivity contribution is 5.98. The first-order chi connectivity index (χ1) is 21.7. The lowest BCUT2D eigenvalue weighted by molar-refractivity contribution is -0.153. The zero-order chi connectivity index (χ0) is 31.0. The predicted octanol–water partition coefficient (Wildman–Crippen LogP) is 6.01. The van der Waals surface area contributed by atoms with Crippen LogP contribution >= 0.6 is 0 Å². The largest absolute Gasteiger partial charge is 0.326 e. The molecule has 4 aromatic rings. The fraction of sp³-hybridized carbons (Fsp3) is 0.405. The van der Waals surface area contributed by atoms with Crippen molar-refractivity contribution in [1.29, 1.82) is 0 Å². The monoisotopic (exact) mass is 606 g/mol. The van der Waals surface area contributed by atoms with E-state index in [1.54, 1.807) is 12.4 Å². The molecule has 6 nitrogen and oxygen atoms in total. The van der Waals surface area contributed by atoms with Gasteiger partial charge in [-0.15, -0.1) is 0 Å². The number of halogens is 2. The minimum atomic E-state index is -0.971. The van der Waals surface area contributed by atoms with Gasteiger partial charge in [0.2, 0.25) is 5.91 Å². The van der Waals surface area contributed by atoms with E-state index < -0.39 is 28.1 Å². The van der Waals surface area contributed by atoms with E-state index in [9.17, 15) is 18.4 Å². The van der Waals surface area contributed by atoms with Crippen molar-refractivity contribution in [2.24, 2.45) is 0 Å². The fourth-order valence-electron chi connectivity index (χ4n) is 8.58. The van der Waals surface area contributed by atoms with Gasteiger partial charge >= 0.3 is 0 Å². The third-order valence-electron chi connectivity index (χ3n) is 11.1. The van der Waals surface area contributed by atoms with Crippen LogP contribution in [0.5, 0.6) is 0 Å². The summed E-state index contributed by atoms with van der Waals surface area (Å²) in [6, 6.07) is 13.8. The van der Waals surface area contributed by atoms with E-state index in [1.807, 2.05) is 24.0 Å². The van der Waals surface area contributed by atoms with Crippen molar-refractivity contribution in [2.75, 3.05) is 6.54 Å². The van der Waals surface area contributed by atoms with Gasteiger partial charge in [0.1, 0.15) is 17.4 Å². The third kappa shape index (κ3) is 4.43. The van der Waals surface area contributed by atoms with Crippen LogP contribution in [0.15, 0.2) is 60.9 Å². The molecule has 1 saturated heterocycles. The Morgan fingerprint density at radius 1 is 0.911 bits per heavy atom. The molecule has 45 heavy (non-hydrogen) atoms. The van der Waals surface area contributed by atoms with Crippen molar-refractivity contribution in [3.8, 4) is 0 Å². The summed E-state index contributed by atoms with van der Waals surface area (Å²) in [5.74, 6) is -1.12. The van der Waals surface area contributed by atoms with Gasteiger partial charge < -0.3 is 10.2 Å². The molecule has 2 atom stereocenters. The van der Waals surface area contributed by atoms with Crippen LogP contribution in [0.2, 0.25) is 0 Å².